The lowest BCUT2D eigenvalue weighted by atomic mass is 10.1. The van der Waals surface area contributed by atoms with Crippen LogP contribution in [0.1, 0.15) is 24.5 Å². The number of anilines is 2. The zero-order valence-corrected chi connectivity index (χ0v) is 17.4. The molecule has 3 amide bonds. The maximum Gasteiger partial charge on any atom is 0.313 e. The Morgan fingerprint density at radius 1 is 1.10 bits per heavy atom. The Labute approximate surface area is 179 Å². The number of nitrogens with one attached hydrogen (secondary N) is 2. The molecular formula is C22H25N3O6. The minimum Gasteiger partial charge on any atom is -0.493 e. The fraction of sp³-hybridized carbons (Fsp3) is 0.318. The number of nitrogens with zero attached hydrogens (tertiary/aromatic N) is 1. The van der Waals surface area contributed by atoms with Crippen LogP contribution in [-0.4, -0.2) is 50.1 Å². The van der Waals surface area contributed by atoms with Crippen molar-refractivity contribution >= 4 is 29.1 Å². The Morgan fingerprint density at radius 2 is 1.87 bits per heavy atom. The number of carbonyl (C=O) groups excluding carboxylic acids is 3. The monoisotopic (exact) mass is 427 g/mol. The number of benzene rings is 2. The number of ether oxygens (including phenoxy) is 2. The molecule has 3 rings (SSSR count). The predicted molar refractivity (Wildman–Crippen MR) is 114 cm³/mol. The maximum absolute atomic E-state index is 12.2. The Kier molecular flexibility index (Phi) is 7.09. The van der Waals surface area contributed by atoms with Crippen LogP contribution in [0, 0.1) is 0 Å². The van der Waals surface area contributed by atoms with E-state index in [0.717, 1.165) is 6.42 Å². The van der Waals surface area contributed by atoms with Gasteiger partial charge in [-0.2, -0.15) is 0 Å². The third-order valence-electron chi connectivity index (χ3n) is 4.94. The molecule has 1 aliphatic heterocycles. The fourth-order valence-electron chi connectivity index (χ4n) is 3.31. The summed E-state index contributed by atoms with van der Waals surface area (Å²) < 4.78 is 10.4. The average molecular weight is 427 g/mol. The van der Waals surface area contributed by atoms with Crippen molar-refractivity contribution in [3.63, 3.8) is 0 Å². The summed E-state index contributed by atoms with van der Waals surface area (Å²) in [5.74, 6) is -0.767. The molecule has 0 aromatic heterocycles. The van der Waals surface area contributed by atoms with Crippen LogP contribution in [0.3, 0.4) is 0 Å². The molecule has 9 heteroatoms. The molecule has 1 unspecified atom stereocenters. The third-order valence-corrected chi connectivity index (χ3v) is 4.94. The quantitative estimate of drug-likeness (QED) is 0.578. The molecule has 0 spiro atoms. The lowest BCUT2D eigenvalue weighted by Crippen LogP contribution is -2.37. The Bertz CT molecular complexity index is 977. The van der Waals surface area contributed by atoms with E-state index in [4.69, 9.17) is 9.47 Å². The summed E-state index contributed by atoms with van der Waals surface area (Å²) >= 11 is 0. The lowest BCUT2D eigenvalue weighted by molar-refractivity contribution is -0.136. The zero-order chi connectivity index (χ0) is 22.4. The summed E-state index contributed by atoms with van der Waals surface area (Å²) in [6.45, 7) is 0.467. The highest BCUT2D eigenvalue weighted by Gasteiger charge is 2.22. The molecule has 1 saturated heterocycles. The first-order valence-corrected chi connectivity index (χ1v) is 9.82. The molecule has 1 aliphatic rings. The molecule has 0 radical (unpaired) electrons. The van der Waals surface area contributed by atoms with E-state index in [1.165, 1.54) is 14.2 Å². The van der Waals surface area contributed by atoms with Crippen LogP contribution < -0.4 is 25.0 Å². The molecule has 1 fully saturated rings. The second-order valence-electron chi connectivity index (χ2n) is 6.99. The summed E-state index contributed by atoms with van der Waals surface area (Å²) in [6.07, 6.45) is 0.253. The maximum atomic E-state index is 12.2. The molecule has 2 aromatic carbocycles. The van der Waals surface area contributed by atoms with E-state index in [0.29, 0.717) is 41.4 Å². The van der Waals surface area contributed by atoms with Crippen LogP contribution in [-0.2, 0) is 14.4 Å². The molecule has 31 heavy (non-hydrogen) atoms. The fourth-order valence-corrected chi connectivity index (χ4v) is 3.31. The van der Waals surface area contributed by atoms with Crippen molar-refractivity contribution in [3.8, 4) is 11.5 Å². The van der Waals surface area contributed by atoms with E-state index < -0.39 is 17.9 Å². The summed E-state index contributed by atoms with van der Waals surface area (Å²) in [7, 11) is 2.99. The SMILES string of the molecule is COc1ccc(C(O)CNC(=O)C(=O)Nc2cccc(N3CCCC3=O)c2)cc1OC. The first kappa shape index (κ1) is 22.1. The number of hydrogen-bond acceptors (Lipinski definition) is 6. The van der Waals surface area contributed by atoms with Gasteiger partial charge in [0.05, 0.1) is 20.3 Å². The number of aliphatic hydroxyl groups excluding tert-OH is 1. The average Bonchev–Trinajstić information content (AvgIpc) is 3.22. The van der Waals surface area contributed by atoms with E-state index in [1.807, 2.05) is 0 Å². The molecule has 0 aliphatic carbocycles. The third kappa shape index (κ3) is 5.32. The Morgan fingerprint density at radius 3 is 2.55 bits per heavy atom. The normalized spacial score (nSPS) is 14.2. The van der Waals surface area contributed by atoms with Gasteiger partial charge >= 0.3 is 11.8 Å². The van der Waals surface area contributed by atoms with E-state index >= 15 is 0 Å². The van der Waals surface area contributed by atoms with Crippen molar-refractivity contribution in [2.45, 2.75) is 18.9 Å². The smallest absolute Gasteiger partial charge is 0.313 e. The van der Waals surface area contributed by atoms with Crippen LogP contribution in [0.15, 0.2) is 42.5 Å². The molecule has 9 nitrogen and oxygen atoms in total. The highest BCUT2D eigenvalue weighted by Crippen LogP contribution is 2.29. The van der Waals surface area contributed by atoms with Gasteiger partial charge in [0, 0.05) is 30.9 Å². The van der Waals surface area contributed by atoms with Gasteiger partial charge in [-0.05, 0) is 42.3 Å². The molecular weight excluding hydrogens is 402 g/mol. The second kappa shape index (κ2) is 9.94. The largest absolute Gasteiger partial charge is 0.493 e. The number of aliphatic hydroxyl groups is 1. The van der Waals surface area contributed by atoms with Crippen LogP contribution in [0.2, 0.25) is 0 Å². The van der Waals surface area contributed by atoms with Crippen molar-refractivity contribution in [2.24, 2.45) is 0 Å². The number of methoxy groups -OCH3 is 2. The van der Waals surface area contributed by atoms with Gasteiger partial charge in [-0.3, -0.25) is 14.4 Å². The first-order chi connectivity index (χ1) is 14.9. The molecule has 0 saturated carbocycles. The van der Waals surface area contributed by atoms with Gasteiger partial charge in [0.15, 0.2) is 11.5 Å². The molecule has 1 heterocycles. The number of amides is 3. The van der Waals surface area contributed by atoms with E-state index in [-0.39, 0.29) is 12.5 Å². The van der Waals surface area contributed by atoms with Crippen molar-refractivity contribution in [2.75, 3.05) is 37.5 Å². The summed E-state index contributed by atoms with van der Waals surface area (Å²) in [4.78, 5) is 37.9. The Hall–Kier alpha value is -3.59. The number of carbonyl (C=O) groups is 3. The van der Waals surface area contributed by atoms with Gasteiger partial charge < -0.3 is 30.1 Å². The standard InChI is InChI=1S/C22H25N3O6/c1-30-18-9-8-14(11-19(18)31-2)17(26)13-23-21(28)22(29)24-15-5-3-6-16(12-15)25-10-4-7-20(25)27/h3,5-6,8-9,11-12,17,26H,4,7,10,13H2,1-2H3,(H,23,28)(H,24,29). The van der Waals surface area contributed by atoms with Crippen LogP contribution in [0.5, 0.6) is 11.5 Å². The molecule has 3 N–H and O–H groups in total. The van der Waals surface area contributed by atoms with Crippen molar-refractivity contribution in [1.29, 1.82) is 0 Å². The number of rotatable bonds is 7. The van der Waals surface area contributed by atoms with Gasteiger partial charge in [0.25, 0.3) is 0 Å². The summed E-state index contributed by atoms with van der Waals surface area (Å²) in [6, 6.07) is 11.6. The number of hydrogen-bond donors (Lipinski definition) is 3. The molecule has 1 atom stereocenters. The summed E-state index contributed by atoms with van der Waals surface area (Å²) in [5.41, 5.74) is 1.57. The highest BCUT2D eigenvalue weighted by atomic mass is 16.5. The zero-order valence-electron chi connectivity index (χ0n) is 17.4. The molecule has 0 bridgehead atoms. The van der Waals surface area contributed by atoms with Gasteiger partial charge in [-0.1, -0.05) is 12.1 Å². The van der Waals surface area contributed by atoms with Crippen LogP contribution in [0.4, 0.5) is 11.4 Å². The van der Waals surface area contributed by atoms with Crippen molar-refractivity contribution < 1.29 is 29.0 Å². The van der Waals surface area contributed by atoms with E-state index in [1.54, 1.807) is 47.4 Å². The summed E-state index contributed by atoms with van der Waals surface area (Å²) in [5, 5.41) is 15.2. The lowest BCUT2D eigenvalue weighted by Gasteiger charge is -2.17. The van der Waals surface area contributed by atoms with Crippen LogP contribution >= 0.6 is 0 Å². The van der Waals surface area contributed by atoms with E-state index in [9.17, 15) is 19.5 Å². The minimum atomic E-state index is -1.04. The van der Waals surface area contributed by atoms with Gasteiger partial charge in [0.1, 0.15) is 0 Å². The van der Waals surface area contributed by atoms with Gasteiger partial charge in [0.2, 0.25) is 5.91 Å². The van der Waals surface area contributed by atoms with Gasteiger partial charge in [-0.15, -0.1) is 0 Å². The predicted octanol–water partition coefficient (Wildman–Crippen LogP) is 1.62. The van der Waals surface area contributed by atoms with E-state index in [2.05, 4.69) is 10.6 Å². The first-order valence-electron chi connectivity index (χ1n) is 9.82. The Balaban J connectivity index is 1.56. The molecule has 2 aromatic rings. The van der Waals surface area contributed by atoms with Gasteiger partial charge in [-0.25, -0.2) is 0 Å². The second-order valence-corrected chi connectivity index (χ2v) is 6.99. The highest BCUT2D eigenvalue weighted by molar-refractivity contribution is 6.39. The van der Waals surface area contributed by atoms with Crippen molar-refractivity contribution in [3.05, 3.63) is 48.0 Å². The topological polar surface area (TPSA) is 117 Å². The van der Waals surface area contributed by atoms with Crippen molar-refractivity contribution in [1.82, 2.24) is 5.32 Å². The van der Waals surface area contributed by atoms with Crippen LogP contribution in [0.25, 0.3) is 0 Å². The minimum absolute atomic E-state index is 0.0327. The molecule has 164 valence electrons.